The van der Waals surface area contributed by atoms with Gasteiger partial charge in [-0.25, -0.2) is 0 Å². The van der Waals surface area contributed by atoms with Crippen LogP contribution in [-0.4, -0.2) is 5.91 Å². The van der Waals surface area contributed by atoms with Crippen molar-refractivity contribution in [2.24, 2.45) is 5.92 Å². The Morgan fingerprint density at radius 3 is 1.81 bits per heavy atom. The Morgan fingerprint density at radius 1 is 0.852 bits per heavy atom. The molecule has 0 radical (unpaired) electrons. The minimum atomic E-state index is -0.235. The van der Waals surface area contributed by atoms with E-state index in [2.05, 4.69) is 83.6 Å². The maximum Gasteiger partial charge on any atom is 0.228 e. The first kappa shape index (κ1) is 18.0. The molecule has 0 spiro atoms. The first-order valence-electron chi connectivity index (χ1n) is 9.20. The normalized spacial score (nSPS) is 17.4. The number of amides is 1. The van der Waals surface area contributed by atoms with Gasteiger partial charge in [-0.1, -0.05) is 75.6 Å². The Balaban J connectivity index is 1.66. The van der Waals surface area contributed by atoms with Gasteiger partial charge < -0.3 is 5.32 Å². The molecule has 4 rings (SSSR count). The standard InChI is InChI=1S/C24H22BrNO/c1-16-3-7-18(8-4-16)24(19-9-5-17(2)6-10-19)15-22(24)23(27)26-21-13-11-20(25)12-14-21/h3-14,22H,15H2,1-2H3,(H,26,27). The summed E-state index contributed by atoms with van der Waals surface area (Å²) in [5.74, 6) is 0.0185. The highest BCUT2D eigenvalue weighted by atomic mass is 79.9. The summed E-state index contributed by atoms with van der Waals surface area (Å²) in [4.78, 5) is 13.0. The molecule has 136 valence electrons. The molecule has 0 saturated heterocycles. The number of anilines is 1. The first-order valence-corrected chi connectivity index (χ1v) is 9.99. The lowest BCUT2D eigenvalue weighted by atomic mass is 9.85. The average Bonchev–Trinajstić information content (AvgIpc) is 3.42. The van der Waals surface area contributed by atoms with Crippen LogP contribution in [0.1, 0.15) is 28.7 Å². The number of carbonyl (C=O) groups excluding carboxylic acids is 1. The SMILES string of the molecule is Cc1ccc(C2(c3ccc(C)cc3)CC2C(=O)Nc2ccc(Br)cc2)cc1. The predicted molar refractivity (Wildman–Crippen MR) is 114 cm³/mol. The summed E-state index contributed by atoms with van der Waals surface area (Å²) in [5.41, 5.74) is 5.49. The lowest BCUT2D eigenvalue weighted by molar-refractivity contribution is -0.117. The van der Waals surface area contributed by atoms with Crippen molar-refractivity contribution < 1.29 is 4.79 Å². The van der Waals surface area contributed by atoms with Crippen molar-refractivity contribution in [2.45, 2.75) is 25.7 Å². The van der Waals surface area contributed by atoms with Gasteiger partial charge in [-0.15, -0.1) is 0 Å². The number of halogens is 1. The lowest BCUT2D eigenvalue weighted by Crippen LogP contribution is -2.22. The number of benzene rings is 3. The van der Waals surface area contributed by atoms with Gasteiger partial charge in [0.05, 0.1) is 5.92 Å². The topological polar surface area (TPSA) is 29.1 Å². The Hall–Kier alpha value is -2.39. The van der Waals surface area contributed by atoms with Crippen molar-refractivity contribution in [1.82, 2.24) is 0 Å². The number of rotatable bonds is 4. The van der Waals surface area contributed by atoms with Gasteiger partial charge in [0, 0.05) is 15.6 Å². The van der Waals surface area contributed by atoms with Gasteiger partial charge in [-0.2, -0.15) is 0 Å². The molecule has 0 aliphatic heterocycles. The Morgan fingerprint density at radius 2 is 1.33 bits per heavy atom. The molecule has 27 heavy (non-hydrogen) atoms. The number of hydrogen-bond acceptors (Lipinski definition) is 1. The molecule has 1 aliphatic rings. The van der Waals surface area contributed by atoms with E-state index in [9.17, 15) is 4.79 Å². The van der Waals surface area contributed by atoms with E-state index in [4.69, 9.17) is 0 Å². The molecule has 1 fully saturated rings. The fourth-order valence-corrected chi connectivity index (χ4v) is 4.11. The van der Waals surface area contributed by atoms with Crippen LogP contribution in [0.15, 0.2) is 77.3 Å². The molecule has 3 aromatic carbocycles. The van der Waals surface area contributed by atoms with E-state index in [0.717, 1.165) is 16.6 Å². The fourth-order valence-electron chi connectivity index (χ4n) is 3.85. The van der Waals surface area contributed by atoms with E-state index in [1.165, 1.54) is 22.3 Å². The summed E-state index contributed by atoms with van der Waals surface area (Å²) in [6.07, 6.45) is 0.835. The van der Waals surface area contributed by atoms with Gasteiger partial charge >= 0.3 is 0 Å². The van der Waals surface area contributed by atoms with Gasteiger partial charge in [0.1, 0.15) is 0 Å². The Bertz CT molecular complexity index is 913. The highest BCUT2D eigenvalue weighted by Crippen LogP contribution is 2.59. The predicted octanol–water partition coefficient (Wildman–Crippen LogP) is 6.01. The highest BCUT2D eigenvalue weighted by molar-refractivity contribution is 9.10. The molecule has 1 saturated carbocycles. The van der Waals surface area contributed by atoms with Gasteiger partial charge in [0.15, 0.2) is 0 Å². The lowest BCUT2D eigenvalue weighted by Gasteiger charge is -2.19. The van der Waals surface area contributed by atoms with Crippen molar-refractivity contribution in [2.75, 3.05) is 5.32 Å². The zero-order valence-electron chi connectivity index (χ0n) is 15.5. The summed E-state index contributed by atoms with van der Waals surface area (Å²) in [6.45, 7) is 4.18. The van der Waals surface area contributed by atoms with Crippen LogP contribution >= 0.6 is 15.9 Å². The minimum Gasteiger partial charge on any atom is -0.326 e. The zero-order valence-corrected chi connectivity index (χ0v) is 17.1. The molecule has 2 nitrogen and oxygen atoms in total. The van der Waals surface area contributed by atoms with E-state index in [0.29, 0.717) is 0 Å². The highest BCUT2D eigenvalue weighted by Gasteiger charge is 2.60. The molecule has 3 aromatic rings. The van der Waals surface area contributed by atoms with Crippen LogP contribution in [0.3, 0.4) is 0 Å². The third-order valence-electron chi connectivity index (χ3n) is 5.52. The Labute approximate surface area is 168 Å². The third-order valence-corrected chi connectivity index (χ3v) is 6.05. The Kier molecular flexibility index (Phi) is 4.65. The van der Waals surface area contributed by atoms with Crippen LogP contribution in [0.25, 0.3) is 0 Å². The van der Waals surface area contributed by atoms with Crippen LogP contribution in [0.5, 0.6) is 0 Å². The van der Waals surface area contributed by atoms with Gasteiger partial charge in [0.2, 0.25) is 5.91 Å². The van der Waals surface area contributed by atoms with E-state index >= 15 is 0 Å². The second-order valence-corrected chi connectivity index (χ2v) is 8.37. The van der Waals surface area contributed by atoms with Crippen LogP contribution in [-0.2, 0) is 10.2 Å². The molecular formula is C24H22BrNO. The largest absolute Gasteiger partial charge is 0.326 e. The van der Waals surface area contributed by atoms with Crippen molar-refractivity contribution in [3.05, 3.63) is 99.5 Å². The van der Waals surface area contributed by atoms with Crippen molar-refractivity contribution in [1.29, 1.82) is 0 Å². The molecule has 3 heteroatoms. The van der Waals surface area contributed by atoms with E-state index in [1.54, 1.807) is 0 Å². The van der Waals surface area contributed by atoms with E-state index in [1.807, 2.05) is 24.3 Å². The van der Waals surface area contributed by atoms with Gasteiger partial charge in [0.25, 0.3) is 0 Å². The van der Waals surface area contributed by atoms with Crippen LogP contribution in [0.2, 0.25) is 0 Å². The molecule has 1 unspecified atom stereocenters. The number of carbonyl (C=O) groups is 1. The van der Waals surface area contributed by atoms with Crippen LogP contribution < -0.4 is 5.32 Å². The maximum atomic E-state index is 13.0. The van der Waals surface area contributed by atoms with Crippen LogP contribution in [0.4, 0.5) is 5.69 Å². The molecule has 0 bridgehead atoms. The third kappa shape index (κ3) is 3.44. The molecular weight excluding hydrogens is 398 g/mol. The minimum absolute atomic E-state index is 0.0634. The number of aryl methyl sites for hydroxylation is 2. The molecule has 0 heterocycles. The van der Waals surface area contributed by atoms with E-state index < -0.39 is 0 Å². The molecule has 0 aromatic heterocycles. The molecule has 1 atom stereocenters. The summed E-state index contributed by atoms with van der Waals surface area (Å²) >= 11 is 3.43. The molecule has 1 amide bonds. The number of nitrogens with one attached hydrogen (secondary N) is 1. The summed E-state index contributed by atoms with van der Waals surface area (Å²) in [6, 6.07) is 24.9. The summed E-state index contributed by atoms with van der Waals surface area (Å²) in [5, 5.41) is 3.09. The summed E-state index contributed by atoms with van der Waals surface area (Å²) in [7, 11) is 0. The monoisotopic (exact) mass is 419 g/mol. The van der Waals surface area contributed by atoms with E-state index in [-0.39, 0.29) is 17.2 Å². The van der Waals surface area contributed by atoms with Crippen molar-refractivity contribution >= 4 is 27.5 Å². The van der Waals surface area contributed by atoms with Crippen molar-refractivity contribution in [3.8, 4) is 0 Å². The number of hydrogen-bond donors (Lipinski definition) is 1. The van der Waals surface area contributed by atoms with Gasteiger partial charge in [-0.3, -0.25) is 4.79 Å². The maximum absolute atomic E-state index is 13.0. The quantitative estimate of drug-likeness (QED) is 0.550. The second-order valence-electron chi connectivity index (χ2n) is 7.46. The summed E-state index contributed by atoms with van der Waals surface area (Å²) < 4.78 is 1.00. The molecule has 1 N–H and O–H groups in total. The second kappa shape index (κ2) is 6.97. The fraction of sp³-hybridized carbons (Fsp3) is 0.208. The smallest absolute Gasteiger partial charge is 0.228 e. The van der Waals surface area contributed by atoms with Crippen molar-refractivity contribution in [3.63, 3.8) is 0 Å². The first-order chi connectivity index (χ1) is 13.0. The average molecular weight is 420 g/mol. The van der Waals surface area contributed by atoms with Crippen LogP contribution in [0, 0.1) is 19.8 Å². The zero-order chi connectivity index (χ0) is 19.0. The molecule has 1 aliphatic carbocycles. The van der Waals surface area contributed by atoms with Gasteiger partial charge in [-0.05, 0) is 55.7 Å².